The maximum Gasteiger partial charge on any atom is 0.197 e. The molecule has 1 aromatic heterocycles. The monoisotopic (exact) mass is 284 g/mol. The molecule has 2 aromatic rings. The summed E-state index contributed by atoms with van der Waals surface area (Å²) in [5, 5.41) is 1.95. The highest BCUT2D eigenvalue weighted by atomic mass is 32.1. The number of hydrogen-bond acceptors (Lipinski definition) is 3. The molecule has 102 valence electrons. The molecule has 0 unspecified atom stereocenters. The topological polar surface area (TPSA) is 27.2 Å². The van der Waals surface area contributed by atoms with Crippen molar-refractivity contribution >= 4 is 23.3 Å². The molecule has 1 aliphatic rings. The predicted octanol–water partition coefficient (Wildman–Crippen LogP) is 1.86. The van der Waals surface area contributed by atoms with Crippen LogP contribution in [0.15, 0.2) is 12.1 Å². The maximum atomic E-state index is 14.0. The Labute approximate surface area is 114 Å². The maximum absolute atomic E-state index is 14.0. The predicted molar refractivity (Wildman–Crippen MR) is 72.5 cm³/mol. The third-order valence-corrected chi connectivity index (χ3v) is 3.75. The fraction of sp³-hybridized carbons (Fsp3) is 0.417. The molecule has 19 heavy (non-hydrogen) atoms. The second-order valence-electron chi connectivity index (χ2n) is 4.76. The van der Waals surface area contributed by atoms with E-state index in [0.29, 0.717) is 10.3 Å². The van der Waals surface area contributed by atoms with Crippen molar-refractivity contribution in [3.63, 3.8) is 0 Å². The molecule has 0 bridgehead atoms. The number of benzene rings is 1. The van der Waals surface area contributed by atoms with E-state index in [4.69, 9.17) is 12.2 Å². The number of halogens is 2. The first kappa shape index (κ1) is 12.6. The van der Waals surface area contributed by atoms with Gasteiger partial charge in [0, 0.05) is 26.2 Å². The molecule has 1 aromatic carbocycles. The number of H-pyrrole nitrogens is 1. The Bertz CT molecular complexity index is 670. The highest BCUT2D eigenvalue weighted by molar-refractivity contribution is 7.71. The molecule has 3 rings (SSSR count). The fourth-order valence-corrected chi connectivity index (χ4v) is 2.70. The summed E-state index contributed by atoms with van der Waals surface area (Å²) in [7, 11) is 2.03. The number of nitrogens with one attached hydrogen (secondary N) is 1. The normalized spacial score (nSPS) is 17.3. The van der Waals surface area contributed by atoms with Gasteiger partial charge in [-0.05, 0) is 31.4 Å². The van der Waals surface area contributed by atoms with Crippen molar-refractivity contribution in [2.24, 2.45) is 0 Å². The quantitative estimate of drug-likeness (QED) is 0.810. The minimum Gasteiger partial charge on any atom is -0.329 e. The van der Waals surface area contributed by atoms with Crippen LogP contribution in [0.3, 0.4) is 0 Å². The molecule has 1 N–H and O–H groups in total. The van der Waals surface area contributed by atoms with E-state index in [0.717, 1.165) is 32.2 Å². The number of aromatic amines is 1. The molecule has 1 aliphatic heterocycles. The van der Waals surface area contributed by atoms with E-state index in [-0.39, 0.29) is 5.52 Å². The summed E-state index contributed by atoms with van der Waals surface area (Å²) >= 11 is 5.23. The van der Waals surface area contributed by atoms with Crippen LogP contribution in [-0.2, 0) is 0 Å². The van der Waals surface area contributed by atoms with Crippen LogP contribution in [0.4, 0.5) is 8.78 Å². The molecule has 0 aliphatic carbocycles. The summed E-state index contributed by atoms with van der Waals surface area (Å²) < 4.78 is 29.4. The number of nitrogens with zero attached hydrogens (tertiary/aromatic N) is 3. The van der Waals surface area contributed by atoms with Gasteiger partial charge in [-0.1, -0.05) is 0 Å². The number of imidazole rings is 1. The van der Waals surface area contributed by atoms with E-state index < -0.39 is 11.6 Å². The second-order valence-corrected chi connectivity index (χ2v) is 5.14. The summed E-state index contributed by atoms with van der Waals surface area (Å²) in [6.45, 7) is 3.19. The lowest BCUT2D eigenvalue weighted by Crippen LogP contribution is -2.49. The van der Waals surface area contributed by atoms with Gasteiger partial charge in [-0.3, -0.25) is 0 Å². The lowest BCUT2D eigenvalue weighted by atomic mass is 10.3. The van der Waals surface area contributed by atoms with Crippen molar-refractivity contribution in [3.05, 3.63) is 28.5 Å². The molecule has 0 saturated carbocycles. The molecule has 4 nitrogen and oxygen atoms in total. The number of likely N-dealkylation sites (N-methyl/N-ethyl adjacent to an activating group) is 1. The van der Waals surface area contributed by atoms with E-state index in [1.807, 2.05) is 12.1 Å². The Kier molecular flexibility index (Phi) is 3.02. The summed E-state index contributed by atoms with van der Waals surface area (Å²) in [5.74, 6) is -1.71. The smallest absolute Gasteiger partial charge is 0.197 e. The van der Waals surface area contributed by atoms with E-state index >= 15 is 0 Å². The van der Waals surface area contributed by atoms with Crippen molar-refractivity contribution in [1.82, 2.24) is 14.6 Å². The zero-order chi connectivity index (χ0) is 13.6. The minimum absolute atomic E-state index is 0.189. The number of aromatic nitrogens is 2. The zero-order valence-electron chi connectivity index (χ0n) is 10.5. The van der Waals surface area contributed by atoms with Gasteiger partial charge in [0.2, 0.25) is 0 Å². The third kappa shape index (κ3) is 2.02. The van der Waals surface area contributed by atoms with E-state index in [2.05, 4.69) is 9.88 Å². The summed E-state index contributed by atoms with van der Waals surface area (Å²) in [6, 6.07) is 2.62. The van der Waals surface area contributed by atoms with Crippen LogP contribution >= 0.6 is 12.2 Å². The van der Waals surface area contributed by atoms with Crippen LogP contribution in [0.25, 0.3) is 11.0 Å². The van der Waals surface area contributed by atoms with Gasteiger partial charge in [-0.2, -0.15) is 0 Å². The Morgan fingerprint density at radius 3 is 2.53 bits per heavy atom. The Morgan fingerprint density at radius 2 is 1.84 bits per heavy atom. The standard InChI is InChI=1S/C12H14F2N4S/c1-16-4-6-17(7-5-16)18-11-9(15-12(18)19)3-2-8(13)10(11)14/h2-3H,4-7H2,1H3,(H,15,19). The number of rotatable bonds is 1. The van der Waals surface area contributed by atoms with Gasteiger partial charge in [-0.15, -0.1) is 0 Å². The highest BCUT2D eigenvalue weighted by Gasteiger charge is 2.20. The third-order valence-electron chi connectivity index (χ3n) is 3.48. The highest BCUT2D eigenvalue weighted by Crippen LogP contribution is 2.21. The first-order valence-electron chi connectivity index (χ1n) is 6.10. The first-order valence-corrected chi connectivity index (χ1v) is 6.51. The van der Waals surface area contributed by atoms with Gasteiger partial charge in [0.05, 0.1) is 5.52 Å². The molecule has 1 saturated heterocycles. The molecule has 0 amide bonds. The molecule has 0 radical (unpaired) electrons. The molecule has 7 heteroatoms. The van der Waals surface area contributed by atoms with Crippen molar-refractivity contribution in [2.45, 2.75) is 0 Å². The fourth-order valence-electron chi connectivity index (χ4n) is 2.38. The summed E-state index contributed by atoms with van der Waals surface area (Å²) in [4.78, 5) is 5.11. The van der Waals surface area contributed by atoms with E-state index in [9.17, 15) is 8.78 Å². The summed E-state index contributed by atoms with van der Waals surface area (Å²) in [5.41, 5.74) is 0.706. The zero-order valence-corrected chi connectivity index (χ0v) is 11.3. The lowest BCUT2D eigenvalue weighted by molar-refractivity contribution is 0.288. The van der Waals surface area contributed by atoms with Gasteiger partial charge < -0.3 is 14.9 Å². The molecular weight excluding hydrogens is 270 g/mol. The first-order chi connectivity index (χ1) is 9.08. The molecular formula is C12H14F2N4S. The summed E-state index contributed by atoms with van der Waals surface area (Å²) in [6.07, 6.45) is 0. The molecule has 0 spiro atoms. The van der Waals surface area contributed by atoms with Crippen molar-refractivity contribution in [3.8, 4) is 0 Å². The van der Waals surface area contributed by atoms with Crippen molar-refractivity contribution in [1.29, 1.82) is 0 Å². The van der Waals surface area contributed by atoms with Crippen LogP contribution in [0.2, 0.25) is 0 Å². The Hall–Kier alpha value is -1.47. The van der Waals surface area contributed by atoms with E-state index in [1.165, 1.54) is 6.07 Å². The second kappa shape index (κ2) is 4.57. The van der Waals surface area contributed by atoms with Crippen LogP contribution in [-0.4, -0.2) is 47.8 Å². The number of fused-ring (bicyclic) bond motifs is 1. The van der Waals surface area contributed by atoms with Gasteiger partial charge in [-0.25, -0.2) is 13.5 Å². The SMILES string of the molecule is CN1CCN(n2c(=S)[nH]c3ccc(F)c(F)c32)CC1. The van der Waals surface area contributed by atoms with Gasteiger partial charge in [0.25, 0.3) is 0 Å². The largest absolute Gasteiger partial charge is 0.329 e. The molecule has 2 heterocycles. The van der Waals surface area contributed by atoms with Gasteiger partial charge >= 0.3 is 0 Å². The van der Waals surface area contributed by atoms with Crippen molar-refractivity contribution < 1.29 is 8.78 Å². The van der Waals surface area contributed by atoms with Crippen molar-refractivity contribution in [2.75, 3.05) is 38.2 Å². The lowest BCUT2D eigenvalue weighted by Gasteiger charge is -2.34. The van der Waals surface area contributed by atoms with Crippen LogP contribution in [0.5, 0.6) is 0 Å². The van der Waals surface area contributed by atoms with E-state index in [1.54, 1.807) is 4.68 Å². The number of piperazine rings is 1. The Balaban J connectivity index is 2.15. The van der Waals surface area contributed by atoms with Gasteiger partial charge in [0.15, 0.2) is 16.4 Å². The molecule has 0 atom stereocenters. The van der Waals surface area contributed by atoms with Crippen LogP contribution in [0, 0.1) is 16.4 Å². The molecule has 1 fully saturated rings. The van der Waals surface area contributed by atoms with Crippen LogP contribution in [0.1, 0.15) is 0 Å². The average Bonchev–Trinajstić information content (AvgIpc) is 2.72. The minimum atomic E-state index is -0.858. The average molecular weight is 284 g/mol. The Morgan fingerprint density at radius 1 is 1.16 bits per heavy atom. The van der Waals surface area contributed by atoms with Gasteiger partial charge in [0.1, 0.15) is 5.52 Å². The number of hydrogen-bond donors (Lipinski definition) is 1. The van der Waals surface area contributed by atoms with Crippen LogP contribution < -0.4 is 5.01 Å².